The summed E-state index contributed by atoms with van der Waals surface area (Å²) < 4.78 is 0. The fourth-order valence-electron chi connectivity index (χ4n) is 2.82. The molecule has 1 aromatic carbocycles. The van der Waals surface area contributed by atoms with Crippen LogP contribution < -0.4 is 10.6 Å². The van der Waals surface area contributed by atoms with Gasteiger partial charge in [0.05, 0.1) is 28.5 Å². The molecule has 0 saturated carbocycles. The van der Waals surface area contributed by atoms with Crippen molar-refractivity contribution in [1.29, 1.82) is 10.5 Å². The zero-order valence-corrected chi connectivity index (χ0v) is 16.6. The van der Waals surface area contributed by atoms with Gasteiger partial charge in [-0.1, -0.05) is 51.6 Å². The summed E-state index contributed by atoms with van der Waals surface area (Å²) in [6.07, 6.45) is 0. The summed E-state index contributed by atoms with van der Waals surface area (Å²) in [6.45, 7) is 7.58. The molecule has 2 amide bonds. The lowest BCUT2D eigenvalue weighted by Crippen LogP contribution is -2.44. The molecule has 1 aliphatic heterocycles. The van der Waals surface area contributed by atoms with Gasteiger partial charge < -0.3 is 10.6 Å². The van der Waals surface area contributed by atoms with E-state index in [1.54, 1.807) is 13.8 Å². The Kier molecular flexibility index (Phi) is 6.30. The molecule has 0 saturated heterocycles. The number of hydrogen-bond acceptors (Lipinski definition) is 5. The first-order valence-corrected chi connectivity index (χ1v) is 9.57. The van der Waals surface area contributed by atoms with Crippen LogP contribution in [0.25, 0.3) is 0 Å². The molecule has 6 nitrogen and oxygen atoms in total. The van der Waals surface area contributed by atoms with Gasteiger partial charge in [0.1, 0.15) is 5.92 Å². The van der Waals surface area contributed by atoms with Crippen molar-refractivity contribution in [1.82, 2.24) is 5.32 Å². The molecule has 0 aromatic heterocycles. The third-order valence-electron chi connectivity index (χ3n) is 4.54. The van der Waals surface area contributed by atoms with Gasteiger partial charge in [-0.3, -0.25) is 9.59 Å². The molecule has 2 N–H and O–H groups in total. The number of benzene rings is 1. The lowest BCUT2D eigenvalue weighted by molar-refractivity contribution is -0.125. The maximum Gasteiger partial charge on any atom is 0.243 e. The van der Waals surface area contributed by atoms with Crippen molar-refractivity contribution < 1.29 is 9.59 Å². The minimum atomic E-state index is -0.940. The lowest BCUT2D eigenvalue weighted by Gasteiger charge is -2.34. The number of carbonyl (C=O) groups excluding carboxylic acids is 2. The molecule has 0 radical (unpaired) electrons. The summed E-state index contributed by atoms with van der Waals surface area (Å²) in [6, 6.07) is 11.7. The van der Waals surface area contributed by atoms with E-state index in [9.17, 15) is 20.1 Å². The monoisotopic (exact) mass is 382 g/mol. The molecule has 1 aliphatic rings. The van der Waals surface area contributed by atoms with E-state index < -0.39 is 17.2 Å². The highest BCUT2D eigenvalue weighted by atomic mass is 32.2. The van der Waals surface area contributed by atoms with E-state index in [0.29, 0.717) is 22.2 Å². The highest BCUT2D eigenvalue weighted by Gasteiger charge is 2.44. The maximum absolute atomic E-state index is 12.2. The Hall–Kier alpha value is -2.77. The van der Waals surface area contributed by atoms with Crippen molar-refractivity contribution in [2.75, 3.05) is 11.1 Å². The normalized spacial score (nSPS) is 18.5. The summed E-state index contributed by atoms with van der Waals surface area (Å²) in [5, 5.41) is 24.4. The molecule has 27 heavy (non-hydrogen) atoms. The molecule has 140 valence electrons. The number of nitriles is 2. The van der Waals surface area contributed by atoms with E-state index >= 15 is 0 Å². The predicted molar refractivity (Wildman–Crippen MR) is 105 cm³/mol. The van der Waals surface area contributed by atoms with Crippen LogP contribution >= 0.6 is 11.8 Å². The van der Waals surface area contributed by atoms with Gasteiger partial charge in [-0.15, -0.1) is 0 Å². The third kappa shape index (κ3) is 4.50. The molecule has 0 aliphatic carbocycles. The van der Waals surface area contributed by atoms with Crippen molar-refractivity contribution in [3.05, 3.63) is 40.4 Å². The summed E-state index contributed by atoms with van der Waals surface area (Å²) >= 11 is 1.09. The number of rotatable bonds is 5. The van der Waals surface area contributed by atoms with Crippen LogP contribution in [0.5, 0.6) is 0 Å². The van der Waals surface area contributed by atoms with Crippen molar-refractivity contribution in [3.63, 3.8) is 0 Å². The number of allylic oxidation sites excluding steroid dienone is 1. The Bertz CT molecular complexity index is 857. The number of anilines is 1. The molecule has 0 bridgehead atoms. The van der Waals surface area contributed by atoms with E-state index in [2.05, 4.69) is 30.6 Å². The van der Waals surface area contributed by atoms with Crippen LogP contribution in [-0.2, 0) is 9.59 Å². The number of carbonyl (C=O) groups is 2. The number of nitrogens with one attached hydrogen (secondary N) is 2. The number of nitrogens with zero attached hydrogens (tertiary/aromatic N) is 2. The highest BCUT2D eigenvalue weighted by Crippen LogP contribution is 2.41. The Morgan fingerprint density at radius 1 is 1.30 bits per heavy atom. The van der Waals surface area contributed by atoms with Crippen molar-refractivity contribution in [2.24, 2.45) is 11.3 Å². The second-order valence-electron chi connectivity index (χ2n) is 7.20. The second-order valence-corrected chi connectivity index (χ2v) is 8.19. The summed E-state index contributed by atoms with van der Waals surface area (Å²) in [7, 11) is 0. The topological polar surface area (TPSA) is 106 Å². The average molecular weight is 382 g/mol. The average Bonchev–Trinajstić information content (AvgIpc) is 2.60. The molecule has 0 fully saturated rings. The van der Waals surface area contributed by atoms with Crippen LogP contribution in [0.2, 0.25) is 0 Å². The molecule has 0 spiro atoms. The van der Waals surface area contributed by atoms with E-state index in [-0.39, 0.29) is 11.7 Å². The van der Waals surface area contributed by atoms with E-state index in [1.807, 2.05) is 30.3 Å². The Morgan fingerprint density at radius 2 is 1.93 bits per heavy atom. The Balaban J connectivity index is 2.07. The molecular formula is C20H22N4O2S. The van der Waals surface area contributed by atoms with Gasteiger partial charge in [0.25, 0.3) is 0 Å². The van der Waals surface area contributed by atoms with Gasteiger partial charge in [0.15, 0.2) is 0 Å². The summed E-state index contributed by atoms with van der Waals surface area (Å²) in [4.78, 5) is 24.4. The lowest BCUT2D eigenvalue weighted by atomic mass is 9.72. The van der Waals surface area contributed by atoms with Crippen LogP contribution in [0.4, 0.5) is 5.69 Å². The summed E-state index contributed by atoms with van der Waals surface area (Å²) in [5.74, 6) is -1.17. The standard InChI is InChI=1S/C20H22N4O2S/c1-12(2)13-5-7-14(8-6-13)23-17(25)11-27-19-16(10-22)20(3,4)15(9-21)18(26)24-19/h5-8,12,15H,11H2,1-4H3,(H,23,25)(H,24,26)/t15-/m1/s1. The molecule has 2 rings (SSSR count). The van der Waals surface area contributed by atoms with E-state index in [1.165, 1.54) is 5.56 Å². The Labute approximate surface area is 163 Å². The van der Waals surface area contributed by atoms with Gasteiger partial charge in [-0.05, 0) is 23.6 Å². The maximum atomic E-state index is 12.2. The highest BCUT2D eigenvalue weighted by molar-refractivity contribution is 8.03. The molecular weight excluding hydrogens is 360 g/mol. The molecule has 1 atom stereocenters. The van der Waals surface area contributed by atoms with Crippen LogP contribution in [0.15, 0.2) is 34.9 Å². The first-order chi connectivity index (χ1) is 12.7. The van der Waals surface area contributed by atoms with Gasteiger partial charge in [0.2, 0.25) is 11.8 Å². The van der Waals surface area contributed by atoms with Gasteiger partial charge >= 0.3 is 0 Å². The number of thioether (sulfide) groups is 1. The van der Waals surface area contributed by atoms with Gasteiger partial charge in [-0.2, -0.15) is 10.5 Å². The predicted octanol–water partition coefficient (Wildman–Crippen LogP) is 3.51. The largest absolute Gasteiger partial charge is 0.325 e. The van der Waals surface area contributed by atoms with Gasteiger partial charge in [-0.25, -0.2) is 0 Å². The molecule has 0 unspecified atom stereocenters. The zero-order chi connectivity index (χ0) is 20.2. The fourth-order valence-corrected chi connectivity index (χ4v) is 3.79. The minimum absolute atomic E-state index is 0.0417. The van der Waals surface area contributed by atoms with Crippen molar-refractivity contribution >= 4 is 29.3 Å². The van der Waals surface area contributed by atoms with Crippen molar-refractivity contribution in [3.8, 4) is 12.1 Å². The number of hydrogen-bond donors (Lipinski definition) is 2. The van der Waals surface area contributed by atoms with Crippen LogP contribution in [0.1, 0.15) is 39.2 Å². The summed E-state index contributed by atoms with van der Waals surface area (Å²) in [5.41, 5.74) is 1.28. The van der Waals surface area contributed by atoms with E-state index in [4.69, 9.17) is 0 Å². The SMILES string of the molecule is CC(C)c1ccc(NC(=O)CSC2=C(C#N)C(C)(C)[C@H](C#N)C(=O)N2)cc1. The molecule has 1 heterocycles. The quantitative estimate of drug-likeness (QED) is 0.810. The smallest absolute Gasteiger partial charge is 0.243 e. The van der Waals surface area contributed by atoms with E-state index in [0.717, 1.165) is 11.8 Å². The minimum Gasteiger partial charge on any atom is -0.325 e. The Morgan fingerprint density at radius 3 is 2.44 bits per heavy atom. The molecule has 7 heteroatoms. The van der Waals surface area contributed by atoms with Crippen LogP contribution in [0.3, 0.4) is 0 Å². The fraction of sp³-hybridized carbons (Fsp3) is 0.400. The second kappa shape index (κ2) is 8.28. The van der Waals surface area contributed by atoms with Crippen LogP contribution in [-0.4, -0.2) is 17.6 Å². The molecule has 1 aromatic rings. The van der Waals surface area contributed by atoms with Crippen molar-refractivity contribution in [2.45, 2.75) is 33.6 Å². The first-order valence-electron chi connectivity index (χ1n) is 8.58. The first kappa shape index (κ1) is 20.5. The zero-order valence-electron chi connectivity index (χ0n) is 15.8. The van der Waals surface area contributed by atoms with Gasteiger partial charge in [0, 0.05) is 11.1 Å². The van der Waals surface area contributed by atoms with Crippen LogP contribution in [0, 0.1) is 34.0 Å². The number of amides is 2. The third-order valence-corrected chi connectivity index (χ3v) is 5.54.